The topological polar surface area (TPSA) is 40.6 Å². The number of benzene rings is 1. The van der Waals surface area contributed by atoms with Gasteiger partial charge in [0, 0.05) is 12.2 Å². The molecule has 0 radical (unpaired) electrons. The van der Waals surface area contributed by atoms with Crippen LogP contribution in [0.5, 0.6) is 0 Å². The second kappa shape index (κ2) is 5.17. The van der Waals surface area contributed by atoms with Crippen molar-refractivity contribution in [2.45, 2.75) is 52.1 Å². The highest BCUT2D eigenvalue weighted by Gasteiger charge is 2.45. The summed E-state index contributed by atoms with van der Waals surface area (Å²) in [5.74, 6) is 0.158. The molecule has 3 rings (SSSR count). The van der Waals surface area contributed by atoms with Gasteiger partial charge in [-0.1, -0.05) is 6.07 Å². The Kier molecular flexibility index (Phi) is 3.47. The molecule has 112 valence electrons. The molecule has 2 unspecified atom stereocenters. The number of rotatable bonds is 1. The maximum absolute atomic E-state index is 12.9. The van der Waals surface area contributed by atoms with E-state index >= 15 is 0 Å². The van der Waals surface area contributed by atoms with E-state index < -0.39 is 6.04 Å². The SMILES string of the molecule is Cc1cc(C)cc(N2C(=O)C3CCCCN3C(=O)C2C)c1. The van der Waals surface area contributed by atoms with E-state index in [0.717, 1.165) is 42.6 Å². The van der Waals surface area contributed by atoms with Gasteiger partial charge in [0.2, 0.25) is 5.91 Å². The van der Waals surface area contributed by atoms with Crippen LogP contribution < -0.4 is 4.90 Å². The monoisotopic (exact) mass is 286 g/mol. The van der Waals surface area contributed by atoms with Gasteiger partial charge in [-0.3, -0.25) is 14.5 Å². The minimum absolute atomic E-state index is 0.0757. The van der Waals surface area contributed by atoms with Crippen LogP contribution in [-0.2, 0) is 9.59 Å². The Bertz CT molecular complexity index is 576. The summed E-state index contributed by atoms with van der Waals surface area (Å²) in [4.78, 5) is 29.0. The summed E-state index contributed by atoms with van der Waals surface area (Å²) in [6.45, 7) is 6.59. The average molecular weight is 286 g/mol. The summed E-state index contributed by atoms with van der Waals surface area (Å²) < 4.78 is 0. The molecule has 1 aromatic carbocycles. The fourth-order valence-corrected chi connectivity index (χ4v) is 3.59. The molecule has 0 saturated carbocycles. The number of piperidine rings is 1. The van der Waals surface area contributed by atoms with Crippen molar-refractivity contribution in [1.29, 1.82) is 0 Å². The third-order valence-corrected chi connectivity index (χ3v) is 4.54. The number of carbonyl (C=O) groups is 2. The maximum atomic E-state index is 12.9. The molecular formula is C17H22N2O2. The van der Waals surface area contributed by atoms with Crippen molar-refractivity contribution >= 4 is 17.5 Å². The van der Waals surface area contributed by atoms with Crippen LogP contribution in [0.15, 0.2) is 18.2 Å². The molecule has 0 aromatic heterocycles. The van der Waals surface area contributed by atoms with Gasteiger partial charge < -0.3 is 4.90 Å². The lowest BCUT2D eigenvalue weighted by Gasteiger charge is -2.46. The molecule has 21 heavy (non-hydrogen) atoms. The molecule has 2 heterocycles. The van der Waals surface area contributed by atoms with Crippen LogP contribution in [0.25, 0.3) is 0 Å². The van der Waals surface area contributed by atoms with Crippen molar-refractivity contribution < 1.29 is 9.59 Å². The van der Waals surface area contributed by atoms with E-state index in [1.807, 2.05) is 32.9 Å². The number of hydrogen-bond acceptors (Lipinski definition) is 2. The standard InChI is InChI=1S/C17H22N2O2/c1-11-8-12(2)10-14(9-11)19-13(3)16(20)18-7-5-4-6-15(18)17(19)21/h8-10,13,15H,4-7H2,1-3H3. The van der Waals surface area contributed by atoms with Crippen molar-refractivity contribution in [3.63, 3.8) is 0 Å². The van der Waals surface area contributed by atoms with Crippen LogP contribution in [0.1, 0.15) is 37.3 Å². The summed E-state index contributed by atoms with van der Waals surface area (Å²) in [5.41, 5.74) is 3.08. The highest BCUT2D eigenvalue weighted by Crippen LogP contribution is 2.31. The summed E-state index contributed by atoms with van der Waals surface area (Å²) in [6.07, 6.45) is 2.82. The number of carbonyl (C=O) groups excluding carboxylic acids is 2. The van der Waals surface area contributed by atoms with Crippen LogP contribution in [0, 0.1) is 13.8 Å². The molecule has 4 heteroatoms. The van der Waals surface area contributed by atoms with Crippen LogP contribution >= 0.6 is 0 Å². The molecule has 2 aliphatic heterocycles. The fourth-order valence-electron chi connectivity index (χ4n) is 3.59. The third kappa shape index (κ3) is 2.33. The average Bonchev–Trinajstić information content (AvgIpc) is 2.44. The molecule has 2 saturated heterocycles. The highest BCUT2D eigenvalue weighted by molar-refractivity contribution is 6.08. The zero-order chi connectivity index (χ0) is 15.1. The van der Waals surface area contributed by atoms with Gasteiger partial charge in [0.25, 0.3) is 5.91 Å². The van der Waals surface area contributed by atoms with E-state index in [9.17, 15) is 9.59 Å². The second-order valence-electron chi connectivity index (χ2n) is 6.27. The quantitative estimate of drug-likeness (QED) is 0.795. The van der Waals surface area contributed by atoms with Crippen molar-refractivity contribution in [1.82, 2.24) is 4.90 Å². The molecule has 2 amide bonds. The van der Waals surface area contributed by atoms with Crippen molar-refractivity contribution in [3.8, 4) is 0 Å². The first-order chi connectivity index (χ1) is 9.99. The number of hydrogen-bond donors (Lipinski definition) is 0. The molecule has 4 nitrogen and oxygen atoms in total. The van der Waals surface area contributed by atoms with Crippen molar-refractivity contribution in [2.75, 3.05) is 11.4 Å². The molecular weight excluding hydrogens is 264 g/mol. The zero-order valence-electron chi connectivity index (χ0n) is 12.9. The lowest BCUT2D eigenvalue weighted by Crippen LogP contribution is -2.65. The summed E-state index contributed by atoms with van der Waals surface area (Å²) >= 11 is 0. The van der Waals surface area contributed by atoms with Gasteiger partial charge in [0.05, 0.1) is 0 Å². The van der Waals surface area contributed by atoms with E-state index in [2.05, 4.69) is 6.07 Å². The largest absolute Gasteiger partial charge is 0.329 e. The first-order valence-electron chi connectivity index (χ1n) is 7.71. The normalized spacial score (nSPS) is 26.0. The molecule has 0 aliphatic carbocycles. The summed E-state index contributed by atoms with van der Waals surface area (Å²) in [5, 5.41) is 0. The summed E-state index contributed by atoms with van der Waals surface area (Å²) in [7, 11) is 0. The van der Waals surface area contributed by atoms with Gasteiger partial charge in [-0.15, -0.1) is 0 Å². The molecule has 0 spiro atoms. The van der Waals surface area contributed by atoms with E-state index in [1.165, 1.54) is 0 Å². The number of anilines is 1. The van der Waals surface area contributed by atoms with E-state index in [4.69, 9.17) is 0 Å². The van der Waals surface area contributed by atoms with E-state index in [-0.39, 0.29) is 17.9 Å². The maximum Gasteiger partial charge on any atom is 0.250 e. The van der Waals surface area contributed by atoms with Gasteiger partial charge in [0.15, 0.2) is 0 Å². The summed E-state index contributed by atoms with van der Waals surface area (Å²) in [6, 6.07) is 5.40. The van der Waals surface area contributed by atoms with Crippen molar-refractivity contribution in [3.05, 3.63) is 29.3 Å². The van der Waals surface area contributed by atoms with Gasteiger partial charge in [0.1, 0.15) is 12.1 Å². The molecule has 2 fully saturated rings. The Morgan fingerprint density at radius 2 is 1.67 bits per heavy atom. The van der Waals surface area contributed by atoms with Gasteiger partial charge in [-0.25, -0.2) is 0 Å². The third-order valence-electron chi connectivity index (χ3n) is 4.54. The minimum atomic E-state index is -0.409. The van der Waals surface area contributed by atoms with Crippen LogP contribution in [0.3, 0.4) is 0 Å². The van der Waals surface area contributed by atoms with E-state index in [1.54, 1.807) is 9.80 Å². The number of fused-ring (bicyclic) bond motifs is 1. The van der Waals surface area contributed by atoms with E-state index in [0.29, 0.717) is 0 Å². The predicted molar refractivity (Wildman–Crippen MR) is 82.2 cm³/mol. The lowest BCUT2D eigenvalue weighted by molar-refractivity contribution is -0.147. The van der Waals surface area contributed by atoms with Gasteiger partial charge in [-0.05, 0) is 63.3 Å². The Morgan fingerprint density at radius 3 is 2.33 bits per heavy atom. The van der Waals surface area contributed by atoms with Crippen LogP contribution in [0.2, 0.25) is 0 Å². The zero-order valence-corrected chi connectivity index (χ0v) is 12.9. The molecule has 2 atom stereocenters. The first kappa shape index (κ1) is 14.1. The Morgan fingerprint density at radius 1 is 1.00 bits per heavy atom. The highest BCUT2D eigenvalue weighted by atomic mass is 16.2. The minimum Gasteiger partial charge on any atom is -0.329 e. The molecule has 2 aliphatic rings. The Balaban J connectivity index is 2.01. The fraction of sp³-hybridized carbons (Fsp3) is 0.529. The molecule has 0 bridgehead atoms. The smallest absolute Gasteiger partial charge is 0.250 e. The van der Waals surface area contributed by atoms with Crippen LogP contribution in [0.4, 0.5) is 5.69 Å². The number of aryl methyl sites for hydroxylation is 2. The second-order valence-corrected chi connectivity index (χ2v) is 6.27. The Labute approximate surface area is 125 Å². The predicted octanol–water partition coefficient (Wildman–Crippen LogP) is 2.42. The molecule has 0 N–H and O–H groups in total. The number of nitrogens with zero attached hydrogens (tertiary/aromatic N) is 2. The molecule has 1 aromatic rings. The Hall–Kier alpha value is -1.84. The first-order valence-corrected chi connectivity index (χ1v) is 7.71. The number of piperazine rings is 1. The van der Waals surface area contributed by atoms with Gasteiger partial charge >= 0.3 is 0 Å². The lowest BCUT2D eigenvalue weighted by atomic mass is 9.95. The number of amides is 2. The van der Waals surface area contributed by atoms with Crippen molar-refractivity contribution in [2.24, 2.45) is 0 Å². The van der Waals surface area contributed by atoms with Gasteiger partial charge in [-0.2, -0.15) is 0 Å². The van der Waals surface area contributed by atoms with Crippen LogP contribution in [-0.4, -0.2) is 35.3 Å².